The van der Waals surface area contributed by atoms with Gasteiger partial charge in [-0.2, -0.15) is 15.3 Å². The van der Waals surface area contributed by atoms with Crippen LogP contribution in [0.4, 0.5) is 17.5 Å². The fraction of sp³-hybridized carbons (Fsp3) is 0.259. The minimum absolute atomic E-state index is 0.156. The molecule has 1 atom stereocenters. The van der Waals surface area contributed by atoms with Gasteiger partial charge in [0.25, 0.3) is 0 Å². The normalized spacial score (nSPS) is 15.8. The number of nitrogens with one attached hydrogen (secondary N) is 3. The number of para-hydroxylation sites is 1. The smallest absolute Gasteiger partial charge is 0.229 e. The zero-order chi connectivity index (χ0) is 24.7. The molecule has 1 aliphatic rings. The van der Waals surface area contributed by atoms with Crippen molar-refractivity contribution in [3.8, 4) is 22.9 Å². The van der Waals surface area contributed by atoms with Gasteiger partial charge in [0.15, 0.2) is 0 Å². The number of fused-ring (bicyclic) bond motifs is 5. The van der Waals surface area contributed by atoms with Crippen LogP contribution in [0.15, 0.2) is 61.1 Å². The van der Waals surface area contributed by atoms with Crippen molar-refractivity contribution in [2.75, 3.05) is 23.8 Å². The maximum atomic E-state index is 10.3. The first-order valence-electron chi connectivity index (χ1n) is 12.0. The highest BCUT2D eigenvalue weighted by molar-refractivity contribution is 5.75. The molecule has 1 aliphatic heterocycles. The highest BCUT2D eigenvalue weighted by atomic mass is 16.5. The molecule has 0 saturated heterocycles. The molecule has 0 amide bonds. The first-order chi connectivity index (χ1) is 17.7. The number of aliphatic hydroxyl groups is 1. The van der Waals surface area contributed by atoms with Gasteiger partial charge in [-0.25, -0.2) is 4.98 Å². The van der Waals surface area contributed by atoms with Crippen molar-refractivity contribution in [2.45, 2.75) is 31.7 Å². The third kappa shape index (κ3) is 5.14. The van der Waals surface area contributed by atoms with Crippen molar-refractivity contribution in [1.29, 1.82) is 5.26 Å². The summed E-state index contributed by atoms with van der Waals surface area (Å²) in [7, 11) is 0. The molecule has 4 bridgehead atoms. The van der Waals surface area contributed by atoms with E-state index in [1.807, 2.05) is 42.5 Å². The van der Waals surface area contributed by atoms with Gasteiger partial charge in [0.2, 0.25) is 5.95 Å². The van der Waals surface area contributed by atoms with Crippen LogP contribution in [0.25, 0.3) is 11.1 Å². The number of rotatable bonds is 2. The zero-order valence-electron chi connectivity index (χ0n) is 19.7. The molecule has 0 fully saturated rings. The lowest BCUT2D eigenvalue weighted by Gasteiger charge is -2.22. The Bertz CT molecular complexity index is 1370. The summed E-state index contributed by atoms with van der Waals surface area (Å²) in [4.78, 5) is 9.27. The van der Waals surface area contributed by atoms with Crippen LogP contribution >= 0.6 is 0 Å². The van der Waals surface area contributed by atoms with Crippen LogP contribution in [0.3, 0.4) is 0 Å². The van der Waals surface area contributed by atoms with E-state index in [1.54, 1.807) is 18.6 Å². The van der Waals surface area contributed by atoms with Crippen LogP contribution in [0.1, 0.15) is 42.0 Å². The first kappa shape index (κ1) is 23.3. The van der Waals surface area contributed by atoms with Crippen LogP contribution in [0.2, 0.25) is 0 Å². The Morgan fingerprint density at radius 3 is 2.86 bits per heavy atom. The van der Waals surface area contributed by atoms with E-state index in [2.05, 4.69) is 31.9 Å². The summed E-state index contributed by atoms with van der Waals surface area (Å²) in [5, 5.41) is 33.4. The standard InChI is InChI=1S/C27H27N7O2/c28-13-19-9-10-21-12-18(19)6-2-1-5-11-36-25-8-4-3-7-22(25)24(17-35)33-26-23(20-14-30-31-15-20)16-29-27(32-21)34-26/h3-4,7-10,12,14-16,24,35H,1-2,5-6,11,17H2,(H,30,31)(H2,29,32,33,34)/t24-/m1/s1. The number of benzene rings is 2. The molecule has 0 radical (unpaired) electrons. The lowest BCUT2D eigenvalue weighted by Crippen LogP contribution is -2.18. The molecule has 3 heterocycles. The summed E-state index contributed by atoms with van der Waals surface area (Å²) in [5.41, 5.74) is 4.88. The second-order valence-corrected chi connectivity index (χ2v) is 8.63. The Morgan fingerprint density at radius 2 is 2.03 bits per heavy atom. The number of anilines is 3. The van der Waals surface area contributed by atoms with Crippen molar-refractivity contribution in [3.63, 3.8) is 0 Å². The van der Waals surface area contributed by atoms with Gasteiger partial charge in [-0.3, -0.25) is 5.10 Å². The summed E-state index contributed by atoms with van der Waals surface area (Å²) in [6.07, 6.45) is 8.80. The summed E-state index contributed by atoms with van der Waals surface area (Å²) in [6.45, 7) is 0.413. The molecule has 36 heavy (non-hydrogen) atoms. The van der Waals surface area contributed by atoms with Gasteiger partial charge in [0.05, 0.1) is 37.1 Å². The Balaban J connectivity index is 1.57. The van der Waals surface area contributed by atoms with Crippen LogP contribution < -0.4 is 15.4 Å². The predicted molar refractivity (Wildman–Crippen MR) is 137 cm³/mol. The Morgan fingerprint density at radius 1 is 1.11 bits per heavy atom. The maximum Gasteiger partial charge on any atom is 0.229 e. The average molecular weight is 482 g/mol. The summed E-state index contributed by atoms with van der Waals surface area (Å²) < 4.78 is 6.13. The molecule has 2 aromatic carbocycles. The number of nitriles is 1. The number of nitrogens with zero attached hydrogens (tertiary/aromatic N) is 4. The van der Waals surface area contributed by atoms with Crippen LogP contribution in [-0.4, -0.2) is 38.5 Å². The molecule has 4 N–H and O–H groups in total. The van der Waals surface area contributed by atoms with Gasteiger partial charge in [-0.15, -0.1) is 0 Å². The third-order valence-corrected chi connectivity index (χ3v) is 6.22. The predicted octanol–water partition coefficient (Wildman–Crippen LogP) is 4.73. The van der Waals surface area contributed by atoms with E-state index in [0.717, 1.165) is 59.4 Å². The molecule has 0 unspecified atom stereocenters. The molecule has 0 spiro atoms. The van der Waals surface area contributed by atoms with E-state index >= 15 is 0 Å². The number of hydrogen-bond acceptors (Lipinski definition) is 8. The van der Waals surface area contributed by atoms with Crippen molar-refractivity contribution in [3.05, 3.63) is 77.7 Å². The maximum absolute atomic E-state index is 10.3. The van der Waals surface area contributed by atoms with Gasteiger partial charge in [-0.05, 0) is 55.5 Å². The monoisotopic (exact) mass is 481 g/mol. The molecule has 2 aromatic heterocycles. The number of aromatic nitrogens is 4. The second-order valence-electron chi connectivity index (χ2n) is 8.63. The van der Waals surface area contributed by atoms with Crippen LogP contribution in [0, 0.1) is 11.3 Å². The lowest BCUT2D eigenvalue weighted by molar-refractivity contribution is 0.265. The first-order valence-corrected chi connectivity index (χ1v) is 12.0. The summed E-state index contributed by atoms with van der Waals surface area (Å²) >= 11 is 0. The van der Waals surface area contributed by atoms with E-state index < -0.39 is 6.04 Å². The Hall–Kier alpha value is -4.42. The number of aryl methyl sites for hydroxylation is 1. The molecule has 0 saturated carbocycles. The van der Waals surface area contributed by atoms with E-state index in [9.17, 15) is 10.4 Å². The SMILES string of the molecule is N#Cc1ccc2cc1CCCCCOc1ccccc1[C@@H](CO)Nc1nc(ncc1-c1cn[nH]c1)N2. The zero-order valence-corrected chi connectivity index (χ0v) is 19.7. The van der Waals surface area contributed by atoms with Gasteiger partial charge < -0.3 is 20.5 Å². The molecule has 0 aliphatic carbocycles. The van der Waals surface area contributed by atoms with Crippen molar-refractivity contribution >= 4 is 17.5 Å². The van der Waals surface area contributed by atoms with Crippen LogP contribution in [-0.2, 0) is 6.42 Å². The van der Waals surface area contributed by atoms with Crippen molar-refractivity contribution in [2.24, 2.45) is 0 Å². The van der Waals surface area contributed by atoms with Gasteiger partial charge in [-0.1, -0.05) is 18.2 Å². The largest absolute Gasteiger partial charge is 0.493 e. The van der Waals surface area contributed by atoms with E-state index in [-0.39, 0.29) is 6.61 Å². The van der Waals surface area contributed by atoms with E-state index in [0.29, 0.717) is 23.9 Å². The number of H-pyrrole nitrogens is 1. The van der Waals surface area contributed by atoms with Gasteiger partial charge >= 0.3 is 0 Å². The summed E-state index contributed by atoms with van der Waals surface area (Å²) in [6, 6.07) is 15.2. The highest BCUT2D eigenvalue weighted by Crippen LogP contribution is 2.33. The topological polar surface area (TPSA) is 132 Å². The van der Waals surface area contributed by atoms with E-state index in [1.165, 1.54) is 0 Å². The average Bonchev–Trinajstić information content (AvgIpc) is 3.44. The van der Waals surface area contributed by atoms with Gasteiger partial charge in [0.1, 0.15) is 11.6 Å². The minimum Gasteiger partial charge on any atom is -0.493 e. The Labute approximate surface area is 209 Å². The fourth-order valence-corrected chi connectivity index (χ4v) is 4.34. The number of aliphatic hydroxyl groups excluding tert-OH is 1. The second kappa shape index (κ2) is 10.9. The minimum atomic E-state index is -0.452. The third-order valence-electron chi connectivity index (χ3n) is 6.22. The number of aromatic amines is 1. The highest BCUT2D eigenvalue weighted by Gasteiger charge is 2.20. The van der Waals surface area contributed by atoms with Crippen molar-refractivity contribution in [1.82, 2.24) is 20.2 Å². The number of hydrogen-bond donors (Lipinski definition) is 4. The lowest BCUT2D eigenvalue weighted by atomic mass is 10.0. The van der Waals surface area contributed by atoms with Crippen molar-refractivity contribution < 1.29 is 9.84 Å². The molecular formula is C27H27N7O2. The van der Waals surface area contributed by atoms with E-state index in [4.69, 9.17) is 9.72 Å². The fourth-order valence-electron chi connectivity index (χ4n) is 4.34. The molecule has 5 rings (SSSR count). The Kier molecular flexibility index (Phi) is 7.05. The quantitative estimate of drug-likeness (QED) is 0.323. The molecular weight excluding hydrogens is 454 g/mol. The van der Waals surface area contributed by atoms with Gasteiger partial charge in [0, 0.05) is 34.8 Å². The molecule has 9 nitrogen and oxygen atoms in total. The van der Waals surface area contributed by atoms with Crippen LogP contribution in [0.5, 0.6) is 5.75 Å². The summed E-state index contributed by atoms with van der Waals surface area (Å²) in [5.74, 6) is 1.66. The molecule has 182 valence electrons. The number of ether oxygens (including phenoxy) is 1. The molecule has 9 heteroatoms. The molecule has 4 aromatic rings.